The van der Waals surface area contributed by atoms with Crippen molar-refractivity contribution in [3.8, 4) is 0 Å². The third kappa shape index (κ3) is 14.2. The van der Waals surface area contributed by atoms with Gasteiger partial charge in [-0.1, -0.05) is 72.1 Å². The predicted molar refractivity (Wildman–Crippen MR) is 85.7 cm³/mol. The average Bonchev–Trinajstić information content (AvgIpc) is 2.43. The molecule has 19 heavy (non-hydrogen) atoms. The van der Waals surface area contributed by atoms with Crippen LogP contribution in [0.3, 0.4) is 0 Å². The summed E-state index contributed by atoms with van der Waals surface area (Å²) >= 11 is 0. The zero-order valence-electron chi connectivity index (χ0n) is 13.6. The molecule has 0 atom stereocenters. The van der Waals surface area contributed by atoms with E-state index >= 15 is 0 Å². The van der Waals surface area contributed by atoms with Gasteiger partial charge in [0.2, 0.25) is 0 Å². The highest BCUT2D eigenvalue weighted by Gasteiger charge is 2.16. The lowest BCUT2D eigenvalue weighted by Crippen LogP contribution is -2.24. The Bertz CT molecular complexity index is 151. The van der Waals surface area contributed by atoms with Gasteiger partial charge < -0.3 is 9.31 Å². The molecule has 0 saturated carbocycles. The molecule has 0 aliphatic rings. The summed E-state index contributed by atoms with van der Waals surface area (Å²) < 4.78 is 11.8. The highest BCUT2D eigenvalue weighted by molar-refractivity contribution is 6.44. The van der Waals surface area contributed by atoms with Crippen molar-refractivity contribution in [2.45, 2.75) is 91.3 Å². The molecule has 0 bridgehead atoms. The van der Waals surface area contributed by atoms with Crippen LogP contribution in [0.25, 0.3) is 0 Å². The molecule has 0 saturated heterocycles. The monoisotopic (exact) mass is 270 g/mol. The van der Waals surface area contributed by atoms with E-state index in [1.807, 2.05) is 0 Å². The SMILES string of the molecule is CCCCCCOB(CCCC)OCCCCCC. The van der Waals surface area contributed by atoms with Gasteiger partial charge in [0.25, 0.3) is 0 Å². The van der Waals surface area contributed by atoms with Gasteiger partial charge >= 0.3 is 7.12 Å². The highest BCUT2D eigenvalue weighted by Crippen LogP contribution is 2.08. The summed E-state index contributed by atoms with van der Waals surface area (Å²) in [6.07, 6.45) is 13.6. The summed E-state index contributed by atoms with van der Waals surface area (Å²) in [5.74, 6) is 0. The maximum absolute atomic E-state index is 5.88. The van der Waals surface area contributed by atoms with Crippen molar-refractivity contribution in [3.05, 3.63) is 0 Å². The first-order valence-corrected chi connectivity index (χ1v) is 8.58. The summed E-state index contributed by atoms with van der Waals surface area (Å²) in [6.45, 7) is 8.43. The van der Waals surface area contributed by atoms with Gasteiger partial charge in [0, 0.05) is 13.2 Å². The number of unbranched alkanes of at least 4 members (excludes halogenated alkanes) is 7. The van der Waals surface area contributed by atoms with E-state index in [1.165, 1.54) is 64.2 Å². The molecule has 0 unspecified atom stereocenters. The van der Waals surface area contributed by atoms with Crippen molar-refractivity contribution in [3.63, 3.8) is 0 Å². The minimum atomic E-state index is 0.0446. The quantitative estimate of drug-likeness (QED) is 0.290. The lowest BCUT2D eigenvalue weighted by Gasteiger charge is -2.14. The van der Waals surface area contributed by atoms with Crippen molar-refractivity contribution in [1.29, 1.82) is 0 Å². The molecule has 0 aromatic rings. The summed E-state index contributed by atoms with van der Waals surface area (Å²) in [5.41, 5.74) is 0. The zero-order chi connectivity index (χ0) is 14.2. The molecule has 0 aromatic carbocycles. The molecule has 0 N–H and O–H groups in total. The molecule has 2 nitrogen and oxygen atoms in total. The second-order valence-corrected chi connectivity index (χ2v) is 5.43. The van der Waals surface area contributed by atoms with Crippen LogP contribution in [-0.2, 0) is 9.31 Å². The second-order valence-electron chi connectivity index (χ2n) is 5.43. The molecule has 0 spiro atoms. The molecule has 0 heterocycles. The lowest BCUT2D eigenvalue weighted by atomic mass is 9.82. The van der Waals surface area contributed by atoms with Gasteiger partial charge in [0.1, 0.15) is 0 Å². The van der Waals surface area contributed by atoms with E-state index in [1.54, 1.807) is 0 Å². The Morgan fingerprint density at radius 1 is 0.579 bits per heavy atom. The Labute approximate surface area is 121 Å². The maximum Gasteiger partial charge on any atom is 0.456 e. The van der Waals surface area contributed by atoms with Crippen molar-refractivity contribution in [1.82, 2.24) is 0 Å². The van der Waals surface area contributed by atoms with Crippen LogP contribution in [0, 0.1) is 0 Å². The number of rotatable bonds is 15. The maximum atomic E-state index is 5.88. The minimum Gasteiger partial charge on any atom is -0.411 e. The zero-order valence-corrected chi connectivity index (χ0v) is 13.6. The van der Waals surface area contributed by atoms with E-state index in [-0.39, 0.29) is 7.12 Å². The van der Waals surface area contributed by atoms with Crippen LogP contribution in [0.15, 0.2) is 0 Å². The summed E-state index contributed by atoms with van der Waals surface area (Å²) in [5, 5.41) is 0. The molecule has 0 radical (unpaired) electrons. The van der Waals surface area contributed by atoms with Gasteiger partial charge in [-0.3, -0.25) is 0 Å². The van der Waals surface area contributed by atoms with Gasteiger partial charge in [-0.25, -0.2) is 0 Å². The van der Waals surface area contributed by atoms with Crippen LogP contribution in [0.1, 0.15) is 85.0 Å². The van der Waals surface area contributed by atoms with Gasteiger partial charge in [-0.2, -0.15) is 0 Å². The van der Waals surface area contributed by atoms with Gasteiger partial charge in [0.05, 0.1) is 0 Å². The Morgan fingerprint density at radius 2 is 1.05 bits per heavy atom. The van der Waals surface area contributed by atoms with E-state index in [2.05, 4.69) is 20.8 Å². The van der Waals surface area contributed by atoms with Crippen LogP contribution in [-0.4, -0.2) is 20.3 Å². The van der Waals surface area contributed by atoms with Crippen molar-refractivity contribution < 1.29 is 9.31 Å². The summed E-state index contributed by atoms with van der Waals surface area (Å²) in [6, 6.07) is 0. The molecular weight excluding hydrogens is 235 g/mol. The standard InChI is InChI=1S/C16H35BO2/c1-4-7-10-12-15-18-17(14-9-6-3)19-16-13-11-8-5-2/h4-16H2,1-3H3. The molecule has 3 heteroatoms. The fourth-order valence-electron chi connectivity index (χ4n) is 2.07. The molecule has 0 fully saturated rings. The number of hydrogen-bond acceptors (Lipinski definition) is 2. The van der Waals surface area contributed by atoms with Gasteiger partial charge in [-0.05, 0) is 19.2 Å². The van der Waals surface area contributed by atoms with E-state index in [4.69, 9.17) is 9.31 Å². The molecule has 0 amide bonds. The third-order valence-electron chi connectivity index (χ3n) is 3.40. The summed E-state index contributed by atoms with van der Waals surface area (Å²) in [7, 11) is 0.0446. The molecule has 114 valence electrons. The Balaban J connectivity index is 3.57. The van der Waals surface area contributed by atoms with Crippen LogP contribution in [0.2, 0.25) is 6.32 Å². The van der Waals surface area contributed by atoms with Crippen LogP contribution < -0.4 is 0 Å². The Kier molecular flexibility index (Phi) is 16.0. The van der Waals surface area contributed by atoms with Crippen LogP contribution in [0.4, 0.5) is 0 Å². The Morgan fingerprint density at radius 3 is 1.47 bits per heavy atom. The van der Waals surface area contributed by atoms with E-state index in [0.29, 0.717) is 0 Å². The topological polar surface area (TPSA) is 18.5 Å². The number of hydrogen-bond donors (Lipinski definition) is 0. The van der Waals surface area contributed by atoms with Gasteiger partial charge in [-0.15, -0.1) is 0 Å². The van der Waals surface area contributed by atoms with E-state index < -0.39 is 0 Å². The smallest absolute Gasteiger partial charge is 0.411 e. The molecule has 0 rings (SSSR count). The van der Waals surface area contributed by atoms with Gasteiger partial charge in [0.15, 0.2) is 0 Å². The largest absolute Gasteiger partial charge is 0.456 e. The third-order valence-corrected chi connectivity index (χ3v) is 3.40. The van der Waals surface area contributed by atoms with Crippen LogP contribution in [0.5, 0.6) is 0 Å². The Hall–Kier alpha value is -0.0151. The normalized spacial score (nSPS) is 10.9. The van der Waals surface area contributed by atoms with Crippen molar-refractivity contribution in [2.24, 2.45) is 0 Å². The molecular formula is C16H35BO2. The highest BCUT2D eigenvalue weighted by atomic mass is 16.6. The summed E-state index contributed by atoms with van der Waals surface area (Å²) in [4.78, 5) is 0. The second kappa shape index (κ2) is 16.0. The molecule has 0 aromatic heterocycles. The van der Waals surface area contributed by atoms with Crippen molar-refractivity contribution >= 4 is 7.12 Å². The van der Waals surface area contributed by atoms with Crippen molar-refractivity contribution in [2.75, 3.05) is 13.2 Å². The first-order chi connectivity index (χ1) is 9.35. The molecule has 0 aliphatic carbocycles. The molecule has 0 aliphatic heterocycles. The first-order valence-electron chi connectivity index (χ1n) is 8.58. The van der Waals surface area contributed by atoms with Crippen LogP contribution >= 0.6 is 0 Å². The van der Waals surface area contributed by atoms with E-state index in [9.17, 15) is 0 Å². The first kappa shape index (κ1) is 19.0. The minimum absolute atomic E-state index is 0.0446. The fraction of sp³-hybridized carbons (Fsp3) is 1.00. The fourth-order valence-corrected chi connectivity index (χ4v) is 2.07. The lowest BCUT2D eigenvalue weighted by molar-refractivity contribution is 0.188. The van der Waals surface area contributed by atoms with E-state index in [0.717, 1.165) is 19.5 Å². The predicted octanol–water partition coefficient (Wildman–Crippen LogP) is 5.47. The average molecular weight is 270 g/mol.